The number of hydrogen-bond donors (Lipinski definition) is 1. The molecule has 1 aliphatic rings. The summed E-state index contributed by atoms with van der Waals surface area (Å²) in [7, 11) is 0. The molecule has 0 atom stereocenters. The number of rotatable bonds is 7. The first kappa shape index (κ1) is 23.5. The number of carbonyl (C=O) groups is 2. The van der Waals surface area contributed by atoms with Crippen LogP contribution in [-0.2, 0) is 9.59 Å². The number of thiazole rings is 1. The van der Waals surface area contributed by atoms with Crippen LogP contribution in [0.2, 0.25) is 0 Å². The van der Waals surface area contributed by atoms with Gasteiger partial charge in [-0.1, -0.05) is 18.2 Å². The van der Waals surface area contributed by atoms with Crippen molar-refractivity contribution in [2.75, 3.05) is 30.0 Å². The number of anilines is 2. The Labute approximate surface area is 212 Å². The van der Waals surface area contributed by atoms with Crippen LogP contribution < -0.4 is 19.7 Å². The number of carbonyl (C=O) groups excluding carboxylic acids is 2. The summed E-state index contributed by atoms with van der Waals surface area (Å²) >= 11 is 1.56. The van der Waals surface area contributed by atoms with E-state index in [1.807, 2.05) is 62.4 Å². The lowest BCUT2D eigenvalue weighted by molar-refractivity contribution is -0.123. The van der Waals surface area contributed by atoms with Crippen molar-refractivity contribution in [2.24, 2.45) is 0 Å². The number of nitrogens with one attached hydrogen (secondary N) is 1. The molecule has 8 nitrogen and oxygen atoms in total. The van der Waals surface area contributed by atoms with E-state index in [9.17, 15) is 9.59 Å². The van der Waals surface area contributed by atoms with E-state index >= 15 is 0 Å². The number of pyridine rings is 1. The van der Waals surface area contributed by atoms with E-state index in [2.05, 4.69) is 10.3 Å². The van der Waals surface area contributed by atoms with Gasteiger partial charge in [0.1, 0.15) is 23.1 Å². The molecule has 0 aliphatic carbocycles. The fourth-order valence-electron chi connectivity index (χ4n) is 3.97. The lowest BCUT2D eigenvalue weighted by Crippen LogP contribution is -2.43. The van der Waals surface area contributed by atoms with E-state index in [-0.39, 0.29) is 25.0 Å². The number of benzene rings is 2. The predicted octanol–water partition coefficient (Wildman–Crippen LogP) is 4.94. The Balaban J connectivity index is 1.42. The molecule has 2 aromatic heterocycles. The summed E-state index contributed by atoms with van der Waals surface area (Å²) in [5.41, 5.74) is 3.52. The van der Waals surface area contributed by atoms with Gasteiger partial charge in [0.15, 0.2) is 6.61 Å². The smallest absolute Gasteiger partial charge is 0.265 e. The van der Waals surface area contributed by atoms with Gasteiger partial charge in [-0.25, -0.2) is 4.98 Å². The van der Waals surface area contributed by atoms with Crippen molar-refractivity contribution in [3.8, 4) is 33.5 Å². The first-order chi connectivity index (χ1) is 17.5. The van der Waals surface area contributed by atoms with Crippen LogP contribution in [0.25, 0.3) is 22.0 Å². The van der Waals surface area contributed by atoms with Crippen molar-refractivity contribution in [2.45, 2.75) is 13.8 Å². The minimum atomic E-state index is -0.337. The van der Waals surface area contributed by atoms with Crippen molar-refractivity contribution >= 4 is 34.5 Å². The van der Waals surface area contributed by atoms with Crippen LogP contribution >= 0.6 is 11.3 Å². The van der Waals surface area contributed by atoms with Gasteiger partial charge < -0.3 is 14.8 Å². The van der Waals surface area contributed by atoms with Gasteiger partial charge in [0, 0.05) is 16.6 Å². The number of aryl methyl sites for hydroxylation is 1. The SMILES string of the molecule is CCOc1ccccc1NC(=O)CN1C(=O)COc2ccc(-c3nc(-c4ccccn4)sc3C)cc21. The van der Waals surface area contributed by atoms with E-state index in [0.717, 1.165) is 26.8 Å². The fourth-order valence-corrected chi connectivity index (χ4v) is 4.88. The van der Waals surface area contributed by atoms with Crippen LogP contribution in [0.5, 0.6) is 11.5 Å². The zero-order chi connectivity index (χ0) is 25.1. The summed E-state index contributed by atoms with van der Waals surface area (Å²) in [6.45, 7) is 4.07. The van der Waals surface area contributed by atoms with Gasteiger partial charge in [-0.05, 0) is 56.3 Å². The molecular formula is C27H24N4O4S. The maximum atomic E-state index is 12.9. The third kappa shape index (κ3) is 4.78. The van der Waals surface area contributed by atoms with Crippen molar-refractivity contribution in [3.63, 3.8) is 0 Å². The maximum absolute atomic E-state index is 12.9. The minimum Gasteiger partial charge on any atom is -0.492 e. The van der Waals surface area contributed by atoms with Gasteiger partial charge in [0.2, 0.25) is 5.91 Å². The number of para-hydroxylation sites is 2. The number of amides is 2. The lowest BCUT2D eigenvalue weighted by Gasteiger charge is -2.29. The van der Waals surface area contributed by atoms with Crippen molar-refractivity contribution in [3.05, 3.63) is 71.7 Å². The Hall–Kier alpha value is -4.24. The number of hydrogen-bond acceptors (Lipinski definition) is 7. The Bertz CT molecular complexity index is 1420. The van der Waals surface area contributed by atoms with Crippen LogP contribution in [0.1, 0.15) is 11.8 Å². The molecule has 1 N–H and O–H groups in total. The van der Waals surface area contributed by atoms with Crippen molar-refractivity contribution in [1.82, 2.24) is 9.97 Å². The zero-order valence-electron chi connectivity index (χ0n) is 19.9. The molecule has 5 rings (SSSR count). The molecule has 9 heteroatoms. The Kier molecular flexibility index (Phi) is 6.64. The zero-order valence-corrected chi connectivity index (χ0v) is 20.7. The highest BCUT2D eigenvalue weighted by molar-refractivity contribution is 7.15. The van der Waals surface area contributed by atoms with Gasteiger partial charge in [0.05, 0.1) is 29.4 Å². The largest absolute Gasteiger partial charge is 0.492 e. The molecule has 0 saturated heterocycles. The van der Waals surface area contributed by atoms with Crippen molar-refractivity contribution in [1.29, 1.82) is 0 Å². The third-order valence-electron chi connectivity index (χ3n) is 5.62. The van der Waals surface area contributed by atoms with E-state index < -0.39 is 0 Å². The predicted molar refractivity (Wildman–Crippen MR) is 140 cm³/mol. The van der Waals surface area contributed by atoms with Gasteiger partial charge >= 0.3 is 0 Å². The van der Waals surface area contributed by atoms with Crippen LogP contribution in [-0.4, -0.2) is 41.5 Å². The molecule has 36 heavy (non-hydrogen) atoms. The summed E-state index contributed by atoms with van der Waals surface area (Å²) in [4.78, 5) is 37.4. The second-order valence-corrected chi connectivity index (χ2v) is 9.27. The van der Waals surface area contributed by atoms with E-state index in [0.29, 0.717) is 29.5 Å². The summed E-state index contributed by atoms with van der Waals surface area (Å²) in [6.07, 6.45) is 1.74. The Morgan fingerprint density at radius 2 is 2.00 bits per heavy atom. The first-order valence-electron chi connectivity index (χ1n) is 11.5. The number of fused-ring (bicyclic) bond motifs is 1. The number of nitrogens with zero attached hydrogens (tertiary/aromatic N) is 3. The summed E-state index contributed by atoms with van der Waals surface area (Å²) in [5, 5.41) is 3.67. The lowest BCUT2D eigenvalue weighted by atomic mass is 10.1. The molecular weight excluding hydrogens is 476 g/mol. The van der Waals surface area contributed by atoms with E-state index in [4.69, 9.17) is 14.5 Å². The first-order valence-corrected chi connectivity index (χ1v) is 12.3. The molecule has 4 aromatic rings. The third-order valence-corrected chi connectivity index (χ3v) is 6.61. The molecule has 182 valence electrons. The average Bonchev–Trinajstić information content (AvgIpc) is 3.29. The van der Waals surface area contributed by atoms with Gasteiger partial charge in [-0.15, -0.1) is 11.3 Å². The molecule has 0 spiro atoms. The highest BCUT2D eigenvalue weighted by atomic mass is 32.1. The molecule has 0 unspecified atom stereocenters. The molecule has 0 saturated carbocycles. The summed E-state index contributed by atoms with van der Waals surface area (Å²) in [6, 6.07) is 18.5. The molecule has 0 bridgehead atoms. The molecule has 0 fully saturated rings. The summed E-state index contributed by atoms with van der Waals surface area (Å²) < 4.78 is 11.2. The standard InChI is InChI=1S/C27H24N4O4S/c1-3-34-22-10-5-4-8-19(22)29-24(32)15-31-21-14-18(11-12-23(21)35-16-25(31)33)26-17(2)36-27(30-26)20-9-6-7-13-28-20/h4-14H,3,15-16H2,1-2H3,(H,29,32). The molecule has 2 amide bonds. The van der Waals surface area contributed by atoms with Crippen LogP contribution in [0, 0.1) is 6.92 Å². The van der Waals surface area contributed by atoms with E-state index in [1.54, 1.807) is 29.7 Å². The fraction of sp³-hybridized carbons (Fsp3) is 0.185. The second-order valence-electron chi connectivity index (χ2n) is 8.07. The molecule has 2 aromatic carbocycles. The van der Waals surface area contributed by atoms with Crippen LogP contribution in [0.4, 0.5) is 11.4 Å². The normalized spacial score (nSPS) is 12.6. The molecule has 1 aliphatic heterocycles. The Morgan fingerprint density at radius 3 is 2.81 bits per heavy atom. The monoisotopic (exact) mass is 500 g/mol. The van der Waals surface area contributed by atoms with Gasteiger partial charge in [0.25, 0.3) is 5.91 Å². The van der Waals surface area contributed by atoms with Gasteiger partial charge in [-0.3, -0.25) is 19.5 Å². The van der Waals surface area contributed by atoms with E-state index in [1.165, 1.54) is 4.90 Å². The number of ether oxygens (including phenoxy) is 2. The van der Waals surface area contributed by atoms with Crippen LogP contribution in [0.3, 0.4) is 0 Å². The quantitative estimate of drug-likeness (QED) is 0.386. The van der Waals surface area contributed by atoms with Crippen LogP contribution in [0.15, 0.2) is 66.9 Å². The second kappa shape index (κ2) is 10.2. The number of aromatic nitrogens is 2. The minimum absolute atomic E-state index is 0.130. The topological polar surface area (TPSA) is 93.7 Å². The molecule has 0 radical (unpaired) electrons. The van der Waals surface area contributed by atoms with Gasteiger partial charge in [-0.2, -0.15) is 0 Å². The maximum Gasteiger partial charge on any atom is 0.265 e. The highest BCUT2D eigenvalue weighted by Crippen LogP contribution is 2.39. The Morgan fingerprint density at radius 1 is 1.17 bits per heavy atom. The molecule has 3 heterocycles. The highest BCUT2D eigenvalue weighted by Gasteiger charge is 2.28. The average molecular weight is 501 g/mol. The summed E-state index contributed by atoms with van der Waals surface area (Å²) in [5.74, 6) is 0.485. The van der Waals surface area contributed by atoms with Crippen molar-refractivity contribution < 1.29 is 19.1 Å².